The third kappa shape index (κ3) is 8.10. The van der Waals surface area contributed by atoms with Crippen LogP contribution in [0.5, 0.6) is 5.75 Å². The van der Waals surface area contributed by atoms with Crippen LogP contribution in [0, 0.1) is 5.82 Å². The fourth-order valence-electron chi connectivity index (χ4n) is 4.10. The minimum atomic E-state index is -0.571. The normalized spacial score (nSPS) is 15.0. The van der Waals surface area contributed by atoms with Crippen molar-refractivity contribution < 1.29 is 23.8 Å². The van der Waals surface area contributed by atoms with E-state index in [1.807, 2.05) is 35.6 Å². The van der Waals surface area contributed by atoms with Gasteiger partial charge in [0.15, 0.2) is 11.6 Å². The highest BCUT2D eigenvalue weighted by Gasteiger charge is 2.24. The number of halogens is 1. The van der Waals surface area contributed by atoms with Crippen LogP contribution in [0.3, 0.4) is 0 Å². The van der Waals surface area contributed by atoms with Gasteiger partial charge in [0.05, 0.1) is 34.1 Å². The van der Waals surface area contributed by atoms with Gasteiger partial charge in [-0.15, -0.1) is 11.3 Å². The Balaban J connectivity index is 1.43. The Kier molecular flexibility index (Phi) is 10.3. The quantitative estimate of drug-likeness (QED) is 0.181. The standard InChI is InChI=1S/C28H37FN6O4S/c1-5-30-23-15-26(24-16-34(17-31-24)10-11-35(19(3)36)12-13-38-4)40-27(23)18(2)39-25-9-8-21(14-22(25)29)33-28(37)32-20-6-7-20/h5,8-9,14-20,36H,6-7,10-13H2,1-4H3,(H2,32,33,37). The third-order valence-corrected chi connectivity index (χ3v) is 7.73. The summed E-state index contributed by atoms with van der Waals surface area (Å²) < 4.78 is 28.0. The van der Waals surface area contributed by atoms with Gasteiger partial charge >= 0.3 is 6.03 Å². The number of carbonyl (C=O) groups excluding carboxylic acids is 1. The second-order valence-corrected chi connectivity index (χ2v) is 10.8. The lowest BCUT2D eigenvalue weighted by Crippen LogP contribution is -2.37. The van der Waals surface area contributed by atoms with E-state index in [1.54, 1.807) is 32.6 Å². The molecule has 2 heterocycles. The van der Waals surface area contributed by atoms with E-state index in [0.717, 1.165) is 34.0 Å². The van der Waals surface area contributed by atoms with Gasteiger partial charge in [-0.05, 0) is 51.8 Å². The van der Waals surface area contributed by atoms with E-state index >= 15 is 0 Å². The number of anilines is 1. The van der Waals surface area contributed by atoms with Gasteiger partial charge in [0.1, 0.15) is 12.3 Å². The van der Waals surface area contributed by atoms with Gasteiger partial charge in [-0.3, -0.25) is 9.89 Å². The highest BCUT2D eigenvalue weighted by Crippen LogP contribution is 2.41. The molecule has 40 heavy (non-hydrogen) atoms. The summed E-state index contributed by atoms with van der Waals surface area (Å²) in [6.07, 6.45) is 6.33. The number of amides is 2. The molecule has 10 nitrogen and oxygen atoms in total. The smallest absolute Gasteiger partial charge is 0.319 e. The van der Waals surface area contributed by atoms with Gasteiger partial charge < -0.3 is 29.8 Å². The molecule has 2 unspecified atom stereocenters. The molecule has 1 aromatic carbocycles. The fourth-order valence-corrected chi connectivity index (χ4v) is 5.15. The Morgan fingerprint density at radius 3 is 2.83 bits per heavy atom. The van der Waals surface area contributed by atoms with E-state index in [4.69, 9.17) is 9.47 Å². The number of hydrogen-bond donors (Lipinski definition) is 3. The molecule has 1 aliphatic carbocycles. The van der Waals surface area contributed by atoms with Crippen LogP contribution in [-0.2, 0) is 11.3 Å². The van der Waals surface area contributed by atoms with E-state index in [1.165, 1.54) is 23.5 Å². The molecule has 1 aliphatic rings. The number of rotatable bonds is 14. The van der Waals surface area contributed by atoms with E-state index in [9.17, 15) is 14.3 Å². The first-order valence-corrected chi connectivity index (χ1v) is 14.2. The zero-order valence-electron chi connectivity index (χ0n) is 23.3. The Labute approximate surface area is 237 Å². The molecule has 3 aromatic rings. The molecule has 0 radical (unpaired) electrons. The molecule has 12 heteroatoms. The van der Waals surface area contributed by atoms with Crippen LogP contribution in [-0.4, -0.2) is 70.9 Å². The van der Waals surface area contributed by atoms with E-state index in [2.05, 4.69) is 20.6 Å². The predicted octanol–water partition coefficient (Wildman–Crippen LogP) is 5.18. The number of imidazole rings is 1. The molecule has 2 aromatic heterocycles. The van der Waals surface area contributed by atoms with Crippen molar-refractivity contribution >= 4 is 35.0 Å². The molecule has 4 rings (SSSR count). The number of thiophene rings is 1. The van der Waals surface area contributed by atoms with Crippen LogP contribution < -0.4 is 15.4 Å². The maximum atomic E-state index is 14.9. The number of hydrogen-bond acceptors (Lipinski definition) is 8. The molecule has 0 saturated heterocycles. The average Bonchev–Trinajstić information content (AvgIpc) is 3.42. The molecule has 2 atom stereocenters. The number of urea groups is 1. The molecule has 2 amide bonds. The molecule has 1 saturated carbocycles. The first-order valence-electron chi connectivity index (χ1n) is 13.4. The van der Waals surface area contributed by atoms with Crippen molar-refractivity contribution in [2.75, 3.05) is 32.1 Å². The van der Waals surface area contributed by atoms with Crippen molar-refractivity contribution in [3.63, 3.8) is 0 Å². The van der Waals surface area contributed by atoms with Crippen LogP contribution >= 0.6 is 11.3 Å². The minimum absolute atomic E-state index is 0.0856. The SMILES string of the molecule is CC=Nc1cc(-c2cn(CCN(CCOC)C(C)O)cn2)sc1C(C)Oc1ccc(NC(=O)NC2CC2)cc1F. The largest absolute Gasteiger partial charge is 0.482 e. The van der Waals surface area contributed by atoms with E-state index < -0.39 is 18.1 Å². The summed E-state index contributed by atoms with van der Waals surface area (Å²) in [6, 6.07) is 6.20. The summed E-state index contributed by atoms with van der Waals surface area (Å²) in [5.74, 6) is -0.480. The first kappa shape index (κ1) is 29.7. The summed E-state index contributed by atoms with van der Waals surface area (Å²) in [5, 5.41) is 15.5. The highest BCUT2D eigenvalue weighted by molar-refractivity contribution is 7.16. The first-order chi connectivity index (χ1) is 19.3. The van der Waals surface area contributed by atoms with Crippen molar-refractivity contribution in [3.8, 4) is 16.3 Å². The van der Waals surface area contributed by atoms with Gasteiger partial charge in [0.25, 0.3) is 0 Å². The van der Waals surface area contributed by atoms with Crippen LogP contribution in [0.1, 0.15) is 44.6 Å². The van der Waals surface area contributed by atoms with Crippen molar-refractivity contribution in [2.24, 2.45) is 4.99 Å². The number of ether oxygens (including phenoxy) is 2. The van der Waals surface area contributed by atoms with Crippen LogP contribution in [0.4, 0.5) is 20.6 Å². The van der Waals surface area contributed by atoms with Gasteiger partial charge in [-0.2, -0.15) is 0 Å². The molecule has 216 valence electrons. The van der Waals surface area contributed by atoms with Gasteiger partial charge in [0.2, 0.25) is 0 Å². The Morgan fingerprint density at radius 1 is 1.35 bits per heavy atom. The average molecular weight is 573 g/mol. The highest BCUT2D eigenvalue weighted by atomic mass is 32.1. The van der Waals surface area contributed by atoms with E-state index in [-0.39, 0.29) is 17.8 Å². The Bertz CT molecular complexity index is 1310. The number of aliphatic imine (C=N–C) groups is 1. The zero-order valence-corrected chi connectivity index (χ0v) is 24.1. The van der Waals surface area contributed by atoms with Crippen molar-refractivity contribution in [1.29, 1.82) is 0 Å². The molecule has 3 N–H and O–H groups in total. The van der Waals surface area contributed by atoms with Crippen LogP contribution in [0.25, 0.3) is 10.6 Å². The van der Waals surface area contributed by atoms with E-state index in [0.29, 0.717) is 31.9 Å². The number of aliphatic hydroxyl groups is 1. The number of nitrogens with one attached hydrogen (secondary N) is 2. The van der Waals surface area contributed by atoms with Crippen molar-refractivity contribution in [3.05, 3.63) is 47.5 Å². The van der Waals surface area contributed by atoms with Crippen molar-refractivity contribution in [1.82, 2.24) is 19.8 Å². The van der Waals surface area contributed by atoms with Gasteiger partial charge in [-0.1, -0.05) is 0 Å². The fraction of sp³-hybridized carbons (Fsp3) is 0.464. The maximum Gasteiger partial charge on any atom is 0.319 e. The van der Waals surface area contributed by atoms with Crippen LogP contribution in [0.2, 0.25) is 0 Å². The number of carbonyl (C=O) groups is 1. The molecular formula is C28H37FN6O4S. The maximum absolute atomic E-state index is 14.9. The van der Waals surface area contributed by atoms with Gasteiger partial charge in [0, 0.05) is 57.0 Å². The second-order valence-electron chi connectivity index (χ2n) is 9.68. The Morgan fingerprint density at radius 2 is 2.15 bits per heavy atom. The monoisotopic (exact) mass is 572 g/mol. The predicted molar refractivity (Wildman–Crippen MR) is 155 cm³/mol. The number of benzene rings is 1. The lowest BCUT2D eigenvalue weighted by atomic mass is 10.2. The lowest BCUT2D eigenvalue weighted by Gasteiger charge is -2.24. The second kappa shape index (κ2) is 13.8. The van der Waals surface area contributed by atoms with Crippen LogP contribution in [0.15, 0.2) is 41.8 Å². The number of aromatic nitrogens is 2. The van der Waals surface area contributed by atoms with Gasteiger partial charge in [-0.25, -0.2) is 14.2 Å². The molecule has 0 spiro atoms. The Hall–Kier alpha value is -3.32. The zero-order chi connectivity index (χ0) is 28.6. The summed E-state index contributed by atoms with van der Waals surface area (Å²) in [7, 11) is 1.64. The molecular weight excluding hydrogens is 535 g/mol. The lowest BCUT2D eigenvalue weighted by molar-refractivity contribution is 0.00148. The molecule has 1 fully saturated rings. The number of aliphatic hydroxyl groups excluding tert-OH is 1. The summed E-state index contributed by atoms with van der Waals surface area (Å²) in [4.78, 5) is 24.7. The summed E-state index contributed by atoms with van der Waals surface area (Å²) in [5.41, 5.74) is 1.89. The summed E-state index contributed by atoms with van der Waals surface area (Å²) in [6.45, 7) is 7.91. The topological polar surface area (TPSA) is 113 Å². The van der Waals surface area contributed by atoms with Crippen molar-refractivity contribution in [2.45, 2.75) is 58.5 Å². The molecule has 0 bridgehead atoms. The number of methoxy groups -OCH3 is 1. The minimum Gasteiger partial charge on any atom is -0.482 e. The number of nitrogens with zero attached hydrogens (tertiary/aromatic N) is 4. The summed E-state index contributed by atoms with van der Waals surface area (Å²) >= 11 is 1.49. The third-order valence-electron chi connectivity index (χ3n) is 6.43. The molecule has 0 aliphatic heterocycles.